The molecule has 0 aromatic carbocycles. The van der Waals surface area contributed by atoms with Crippen LogP contribution in [0.2, 0.25) is 0 Å². The molecule has 4 aromatic rings. The van der Waals surface area contributed by atoms with E-state index in [-0.39, 0.29) is 12.2 Å². The van der Waals surface area contributed by atoms with Gasteiger partial charge in [-0.1, -0.05) is 0 Å². The van der Waals surface area contributed by atoms with Crippen LogP contribution in [0.25, 0.3) is 22.0 Å². The summed E-state index contributed by atoms with van der Waals surface area (Å²) in [5, 5.41) is 0.948. The van der Waals surface area contributed by atoms with Crippen molar-refractivity contribution in [3.05, 3.63) is 72.6 Å². The first-order valence-electron chi connectivity index (χ1n) is 11.8. The van der Waals surface area contributed by atoms with Crippen molar-refractivity contribution in [3.8, 4) is 11.1 Å². The molecule has 0 spiro atoms. The van der Waals surface area contributed by atoms with Crippen LogP contribution in [0.4, 0.5) is 11.5 Å². The Balaban J connectivity index is 1.36. The summed E-state index contributed by atoms with van der Waals surface area (Å²) in [5.41, 5.74) is 5.17. The van der Waals surface area contributed by atoms with Gasteiger partial charge in [0, 0.05) is 86.6 Å². The Kier molecular flexibility index (Phi) is 6.37. The maximum absolute atomic E-state index is 13.1. The molecule has 35 heavy (non-hydrogen) atoms. The number of fused-ring (bicyclic) bond motifs is 1. The number of carbonyl (C=O) groups excluding carboxylic acids is 1. The molecule has 0 bridgehead atoms. The number of pyridine rings is 4. The summed E-state index contributed by atoms with van der Waals surface area (Å²) in [4.78, 5) is 37.6. The third-order valence-electron chi connectivity index (χ3n) is 6.43. The summed E-state index contributed by atoms with van der Waals surface area (Å²) in [7, 11) is 6.11. The zero-order chi connectivity index (χ0) is 24.4. The lowest BCUT2D eigenvalue weighted by atomic mass is 10.0. The second kappa shape index (κ2) is 9.76. The number of Topliss-reactive ketones (excluding diaryl/α,β-unsaturated/α-hetero) is 1. The Morgan fingerprint density at radius 2 is 1.71 bits per heavy atom. The van der Waals surface area contributed by atoms with Crippen molar-refractivity contribution in [2.75, 3.05) is 57.1 Å². The average Bonchev–Trinajstić information content (AvgIpc) is 2.89. The fourth-order valence-corrected chi connectivity index (χ4v) is 4.23. The van der Waals surface area contributed by atoms with E-state index in [9.17, 15) is 4.79 Å². The summed E-state index contributed by atoms with van der Waals surface area (Å²) >= 11 is 0. The largest absolute Gasteiger partial charge is 0.376 e. The number of rotatable bonds is 6. The molecule has 5 rings (SSSR count). The number of ketones is 1. The predicted molar refractivity (Wildman–Crippen MR) is 139 cm³/mol. The topological polar surface area (TPSA) is 78.4 Å². The fourth-order valence-electron chi connectivity index (χ4n) is 4.23. The molecule has 0 unspecified atom stereocenters. The first kappa shape index (κ1) is 22.9. The van der Waals surface area contributed by atoms with Gasteiger partial charge in [0.2, 0.25) is 0 Å². The SMILES string of the molecule is CN1CCN(c2cc(C(=O)Cc3cc4cc(-c5cncc(N(C)C)c5)cnc4cn3)ccn2)CC1. The monoisotopic (exact) mass is 467 g/mol. The van der Waals surface area contributed by atoms with E-state index in [2.05, 4.69) is 48.9 Å². The van der Waals surface area contributed by atoms with Gasteiger partial charge in [-0.25, -0.2) is 4.98 Å². The van der Waals surface area contributed by atoms with Crippen LogP contribution in [-0.4, -0.2) is 77.9 Å². The Bertz CT molecular complexity index is 1360. The van der Waals surface area contributed by atoms with Crippen molar-refractivity contribution < 1.29 is 4.79 Å². The quantitative estimate of drug-likeness (QED) is 0.400. The van der Waals surface area contributed by atoms with Crippen molar-refractivity contribution in [2.45, 2.75) is 6.42 Å². The van der Waals surface area contributed by atoms with Crippen LogP contribution in [0, 0.1) is 0 Å². The van der Waals surface area contributed by atoms with Crippen LogP contribution in [0.1, 0.15) is 16.1 Å². The number of anilines is 2. The molecule has 1 aliphatic heterocycles. The standard InChI is InChI=1S/C27H29N7O/c1-32(2)24-12-22(15-28-17-24)21-10-20-11-23(30-18-25(20)31-16-21)14-26(35)19-4-5-29-27(13-19)34-8-6-33(3)7-9-34/h4-5,10-13,15-18H,6-9,14H2,1-3H3. The molecule has 4 aromatic heterocycles. The van der Waals surface area contributed by atoms with Crippen molar-refractivity contribution in [1.82, 2.24) is 24.8 Å². The minimum Gasteiger partial charge on any atom is -0.376 e. The molecule has 8 heteroatoms. The van der Waals surface area contributed by atoms with Crippen LogP contribution in [0.15, 0.2) is 61.3 Å². The maximum atomic E-state index is 13.1. The minimum absolute atomic E-state index is 0.0293. The van der Waals surface area contributed by atoms with Crippen LogP contribution in [-0.2, 0) is 6.42 Å². The lowest BCUT2D eigenvalue weighted by molar-refractivity contribution is 0.0992. The Hall–Kier alpha value is -3.91. The second-order valence-corrected chi connectivity index (χ2v) is 9.21. The van der Waals surface area contributed by atoms with Crippen molar-refractivity contribution >= 4 is 28.2 Å². The van der Waals surface area contributed by atoms with Crippen LogP contribution < -0.4 is 9.80 Å². The molecule has 0 atom stereocenters. The zero-order valence-electron chi connectivity index (χ0n) is 20.3. The lowest BCUT2D eigenvalue weighted by Crippen LogP contribution is -2.44. The first-order valence-corrected chi connectivity index (χ1v) is 11.8. The third-order valence-corrected chi connectivity index (χ3v) is 6.43. The molecule has 1 saturated heterocycles. The minimum atomic E-state index is 0.0293. The van der Waals surface area contributed by atoms with E-state index in [1.807, 2.05) is 49.7 Å². The summed E-state index contributed by atoms with van der Waals surface area (Å²) in [6, 6.07) is 9.80. The molecule has 0 aliphatic carbocycles. The average molecular weight is 468 g/mol. The van der Waals surface area contributed by atoms with Gasteiger partial charge in [-0.15, -0.1) is 0 Å². The van der Waals surface area contributed by atoms with Crippen LogP contribution in [0.5, 0.6) is 0 Å². The van der Waals surface area contributed by atoms with Crippen molar-refractivity contribution in [3.63, 3.8) is 0 Å². The van der Waals surface area contributed by atoms with Gasteiger partial charge in [-0.05, 0) is 37.4 Å². The molecule has 0 radical (unpaired) electrons. The van der Waals surface area contributed by atoms with Gasteiger partial charge in [-0.3, -0.25) is 19.7 Å². The molecule has 0 saturated carbocycles. The van der Waals surface area contributed by atoms with Crippen molar-refractivity contribution in [1.29, 1.82) is 0 Å². The van der Waals surface area contributed by atoms with Gasteiger partial charge in [0.1, 0.15) is 5.82 Å². The number of piperazine rings is 1. The van der Waals surface area contributed by atoms with E-state index in [4.69, 9.17) is 0 Å². The van der Waals surface area contributed by atoms with E-state index in [0.717, 1.165) is 65.4 Å². The summed E-state index contributed by atoms with van der Waals surface area (Å²) in [6.07, 6.45) is 9.19. The summed E-state index contributed by atoms with van der Waals surface area (Å²) < 4.78 is 0. The molecular weight excluding hydrogens is 438 g/mol. The smallest absolute Gasteiger partial charge is 0.169 e. The summed E-state index contributed by atoms with van der Waals surface area (Å²) in [6.45, 7) is 3.81. The van der Waals surface area contributed by atoms with Crippen LogP contribution in [0.3, 0.4) is 0 Å². The van der Waals surface area contributed by atoms with Gasteiger partial charge in [0.15, 0.2) is 5.78 Å². The van der Waals surface area contributed by atoms with E-state index in [1.165, 1.54) is 0 Å². The molecule has 5 heterocycles. The van der Waals surface area contributed by atoms with Crippen molar-refractivity contribution in [2.24, 2.45) is 0 Å². The maximum Gasteiger partial charge on any atom is 0.169 e. The molecule has 0 amide bonds. The highest BCUT2D eigenvalue weighted by molar-refractivity contribution is 5.98. The first-order chi connectivity index (χ1) is 17.0. The highest BCUT2D eigenvalue weighted by Crippen LogP contribution is 2.25. The number of hydrogen-bond acceptors (Lipinski definition) is 8. The number of aromatic nitrogens is 4. The highest BCUT2D eigenvalue weighted by Gasteiger charge is 2.17. The second-order valence-electron chi connectivity index (χ2n) is 9.21. The van der Waals surface area contributed by atoms with Gasteiger partial charge in [-0.2, -0.15) is 0 Å². The number of likely N-dealkylation sites (N-methyl/N-ethyl adjacent to an activating group) is 1. The molecule has 1 aliphatic rings. The Morgan fingerprint density at radius 3 is 2.51 bits per heavy atom. The number of hydrogen-bond donors (Lipinski definition) is 0. The van der Waals surface area contributed by atoms with Gasteiger partial charge >= 0.3 is 0 Å². The Morgan fingerprint density at radius 1 is 0.914 bits per heavy atom. The molecule has 1 fully saturated rings. The Labute approximate surface area is 205 Å². The fraction of sp³-hybridized carbons (Fsp3) is 0.296. The van der Waals surface area contributed by atoms with E-state index < -0.39 is 0 Å². The summed E-state index contributed by atoms with van der Waals surface area (Å²) in [5.74, 6) is 0.888. The number of carbonyl (C=O) groups is 1. The molecular formula is C27H29N7O. The lowest BCUT2D eigenvalue weighted by Gasteiger charge is -2.33. The predicted octanol–water partition coefficient (Wildman–Crippen LogP) is 3.33. The van der Waals surface area contributed by atoms with Gasteiger partial charge in [0.25, 0.3) is 0 Å². The third kappa shape index (κ3) is 5.12. The normalized spacial score (nSPS) is 14.3. The number of nitrogens with zero attached hydrogens (tertiary/aromatic N) is 7. The van der Waals surface area contributed by atoms with Gasteiger partial charge in [0.05, 0.1) is 30.0 Å². The van der Waals surface area contributed by atoms with E-state index >= 15 is 0 Å². The van der Waals surface area contributed by atoms with Crippen LogP contribution >= 0.6 is 0 Å². The highest BCUT2D eigenvalue weighted by atomic mass is 16.1. The molecule has 178 valence electrons. The molecule has 0 N–H and O–H groups in total. The van der Waals surface area contributed by atoms with Gasteiger partial charge < -0.3 is 14.7 Å². The van der Waals surface area contributed by atoms with E-state index in [1.54, 1.807) is 18.5 Å². The zero-order valence-corrected chi connectivity index (χ0v) is 20.3. The van der Waals surface area contributed by atoms with E-state index in [0.29, 0.717) is 5.56 Å². The molecule has 8 nitrogen and oxygen atoms in total.